The van der Waals surface area contributed by atoms with Crippen LogP contribution in [0.2, 0.25) is 0 Å². The molecule has 0 bridgehead atoms. The van der Waals surface area contributed by atoms with Gasteiger partial charge in [-0.15, -0.1) is 0 Å². The van der Waals surface area contributed by atoms with Crippen molar-refractivity contribution in [2.75, 3.05) is 44.3 Å². The third-order valence-electron chi connectivity index (χ3n) is 7.97. The lowest BCUT2D eigenvalue weighted by atomic mass is 9.86. The van der Waals surface area contributed by atoms with E-state index in [0.717, 1.165) is 47.5 Å². The molecule has 12 heteroatoms. The van der Waals surface area contributed by atoms with Gasteiger partial charge in [0.05, 0.1) is 17.1 Å². The number of carbonyl (C=O) groups is 2. The highest BCUT2D eigenvalue weighted by atomic mass is 32.2. The predicted octanol–water partition coefficient (Wildman–Crippen LogP) is 3.55. The maximum Gasteiger partial charge on any atom is 0.416 e. The minimum atomic E-state index is -4.67. The van der Waals surface area contributed by atoms with E-state index in [4.69, 9.17) is 0 Å². The summed E-state index contributed by atoms with van der Waals surface area (Å²) in [6, 6.07) is 13.0. The Labute approximate surface area is 226 Å². The van der Waals surface area contributed by atoms with Crippen molar-refractivity contribution in [2.24, 2.45) is 0 Å². The average molecular weight is 565 g/mol. The quantitative estimate of drug-likeness (QED) is 0.555. The molecule has 2 aromatic rings. The van der Waals surface area contributed by atoms with Crippen LogP contribution in [0.1, 0.15) is 37.7 Å². The summed E-state index contributed by atoms with van der Waals surface area (Å²) in [5.41, 5.74) is -1.30. The van der Waals surface area contributed by atoms with Crippen LogP contribution < -0.4 is 4.90 Å². The number of hydrogen-bond donors (Lipinski definition) is 0. The van der Waals surface area contributed by atoms with E-state index >= 15 is 0 Å². The molecule has 5 rings (SSSR count). The molecule has 3 aliphatic rings. The van der Waals surface area contributed by atoms with E-state index < -0.39 is 32.2 Å². The SMILES string of the molecule is O=C(CN1CN(c2ccccc2)C2(CCN(S(=O)(=O)c3cccc(C(F)(F)F)c3)CC2)C1=O)N1CCCCC1. The molecule has 3 fully saturated rings. The van der Waals surface area contributed by atoms with Gasteiger partial charge in [0, 0.05) is 31.9 Å². The number of carbonyl (C=O) groups excluding carboxylic acids is 2. The van der Waals surface area contributed by atoms with Gasteiger partial charge in [-0.2, -0.15) is 17.5 Å². The highest BCUT2D eigenvalue weighted by Crippen LogP contribution is 2.41. The van der Waals surface area contributed by atoms with Crippen molar-refractivity contribution >= 4 is 27.5 Å². The van der Waals surface area contributed by atoms with E-state index in [-0.39, 0.29) is 51.0 Å². The van der Waals surface area contributed by atoms with Gasteiger partial charge >= 0.3 is 6.18 Å². The fourth-order valence-electron chi connectivity index (χ4n) is 5.81. The Hall–Kier alpha value is -3.12. The second-order valence-electron chi connectivity index (χ2n) is 10.3. The Kier molecular flexibility index (Phi) is 7.36. The van der Waals surface area contributed by atoms with Crippen LogP contribution >= 0.6 is 0 Å². The van der Waals surface area contributed by atoms with E-state index in [9.17, 15) is 31.2 Å². The number of sulfonamides is 1. The number of nitrogens with zero attached hydrogens (tertiary/aromatic N) is 4. The summed E-state index contributed by atoms with van der Waals surface area (Å²) in [5, 5.41) is 0. The van der Waals surface area contributed by atoms with Gasteiger partial charge < -0.3 is 14.7 Å². The van der Waals surface area contributed by atoms with E-state index in [1.165, 1.54) is 0 Å². The third kappa shape index (κ3) is 5.23. The summed E-state index contributed by atoms with van der Waals surface area (Å²) in [6.07, 6.45) is -1.41. The average Bonchev–Trinajstić information content (AvgIpc) is 3.20. The van der Waals surface area contributed by atoms with Crippen LogP contribution in [0.25, 0.3) is 0 Å². The Morgan fingerprint density at radius 1 is 0.897 bits per heavy atom. The fourth-order valence-corrected chi connectivity index (χ4v) is 7.30. The second kappa shape index (κ2) is 10.5. The molecule has 39 heavy (non-hydrogen) atoms. The number of benzene rings is 2. The van der Waals surface area contributed by atoms with Crippen LogP contribution in [0, 0.1) is 0 Å². The number of likely N-dealkylation sites (tertiary alicyclic amines) is 1. The Morgan fingerprint density at radius 2 is 1.56 bits per heavy atom. The van der Waals surface area contributed by atoms with E-state index in [1.54, 1.807) is 9.80 Å². The molecule has 0 radical (unpaired) electrons. The van der Waals surface area contributed by atoms with Crippen LogP contribution in [0.4, 0.5) is 18.9 Å². The first kappa shape index (κ1) is 27.4. The summed E-state index contributed by atoms with van der Waals surface area (Å²) in [7, 11) is -4.21. The fraction of sp³-hybridized carbons (Fsp3) is 0.481. The van der Waals surface area contributed by atoms with Gasteiger partial charge in [0.1, 0.15) is 12.1 Å². The van der Waals surface area contributed by atoms with Crippen molar-refractivity contribution in [3.63, 3.8) is 0 Å². The van der Waals surface area contributed by atoms with Crippen LogP contribution in [0.5, 0.6) is 0 Å². The summed E-state index contributed by atoms with van der Waals surface area (Å²) < 4.78 is 67.3. The number of alkyl halides is 3. The van der Waals surface area contributed by atoms with Gasteiger partial charge in [0.15, 0.2) is 0 Å². The highest BCUT2D eigenvalue weighted by molar-refractivity contribution is 7.89. The summed E-state index contributed by atoms with van der Waals surface area (Å²) in [4.78, 5) is 31.7. The van der Waals surface area contributed by atoms with Gasteiger partial charge in [-0.05, 0) is 62.4 Å². The van der Waals surface area contributed by atoms with Crippen molar-refractivity contribution in [3.05, 3.63) is 60.2 Å². The summed E-state index contributed by atoms with van der Waals surface area (Å²) in [6.45, 7) is 1.43. The third-order valence-corrected chi connectivity index (χ3v) is 9.86. The lowest BCUT2D eigenvalue weighted by Gasteiger charge is -2.42. The zero-order valence-electron chi connectivity index (χ0n) is 21.4. The van der Waals surface area contributed by atoms with Gasteiger partial charge in [0.25, 0.3) is 0 Å². The molecule has 2 amide bonds. The lowest BCUT2D eigenvalue weighted by molar-refractivity contribution is -0.141. The van der Waals surface area contributed by atoms with E-state index in [2.05, 4.69) is 0 Å². The first-order valence-electron chi connectivity index (χ1n) is 13.1. The first-order valence-corrected chi connectivity index (χ1v) is 14.5. The normalized spacial score (nSPS) is 20.6. The monoisotopic (exact) mass is 564 g/mol. The molecule has 2 aromatic carbocycles. The Morgan fingerprint density at radius 3 is 2.21 bits per heavy atom. The zero-order chi connectivity index (χ0) is 27.8. The van der Waals surface area contributed by atoms with Gasteiger partial charge in [0.2, 0.25) is 21.8 Å². The first-order chi connectivity index (χ1) is 18.5. The minimum Gasteiger partial charge on any atom is -0.341 e. The Bertz CT molecular complexity index is 1320. The lowest BCUT2D eigenvalue weighted by Crippen LogP contribution is -2.57. The summed E-state index contributed by atoms with van der Waals surface area (Å²) in [5.74, 6) is -0.328. The maximum atomic E-state index is 13.9. The molecule has 0 N–H and O–H groups in total. The second-order valence-corrected chi connectivity index (χ2v) is 12.2. The molecule has 0 saturated carbocycles. The predicted molar refractivity (Wildman–Crippen MR) is 138 cm³/mol. The summed E-state index contributed by atoms with van der Waals surface area (Å²) >= 11 is 0. The smallest absolute Gasteiger partial charge is 0.341 e. The van der Waals surface area contributed by atoms with Gasteiger partial charge in [-0.1, -0.05) is 24.3 Å². The van der Waals surface area contributed by atoms with Crippen molar-refractivity contribution in [1.82, 2.24) is 14.1 Å². The number of piperidine rings is 2. The number of rotatable bonds is 5. The largest absolute Gasteiger partial charge is 0.416 e. The van der Waals surface area contributed by atoms with Crippen LogP contribution in [-0.2, 0) is 25.8 Å². The molecule has 3 heterocycles. The molecular formula is C27H31F3N4O4S. The van der Waals surface area contributed by atoms with Gasteiger partial charge in [-0.3, -0.25) is 9.59 Å². The molecular weight excluding hydrogens is 533 g/mol. The molecule has 1 spiro atoms. The number of hydrogen-bond acceptors (Lipinski definition) is 5. The number of amides is 2. The minimum absolute atomic E-state index is 0.0401. The van der Waals surface area contributed by atoms with E-state index in [0.29, 0.717) is 19.2 Å². The molecule has 0 aliphatic carbocycles. The molecule has 0 unspecified atom stereocenters. The molecule has 8 nitrogen and oxygen atoms in total. The number of anilines is 1. The van der Waals surface area contributed by atoms with Crippen LogP contribution in [0.15, 0.2) is 59.5 Å². The molecule has 3 saturated heterocycles. The van der Waals surface area contributed by atoms with Crippen molar-refractivity contribution in [1.29, 1.82) is 0 Å². The van der Waals surface area contributed by atoms with E-state index in [1.807, 2.05) is 35.2 Å². The number of para-hydroxylation sites is 1. The molecule has 0 aromatic heterocycles. The van der Waals surface area contributed by atoms with Crippen molar-refractivity contribution in [3.8, 4) is 0 Å². The van der Waals surface area contributed by atoms with Crippen LogP contribution in [-0.4, -0.2) is 79.3 Å². The maximum absolute atomic E-state index is 13.9. The molecule has 0 atom stereocenters. The highest BCUT2D eigenvalue weighted by Gasteiger charge is 2.55. The molecule has 3 aliphatic heterocycles. The standard InChI is InChI=1S/C27H31F3N4O4S/c28-27(29,30)21-8-7-11-23(18-21)39(37,38)33-16-12-26(13-17-33)25(36)32(19-24(35)31-14-5-2-6-15-31)20-34(26)22-9-3-1-4-10-22/h1,3-4,7-11,18H,2,5-6,12-17,19-20H2. The Balaban J connectivity index is 1.38. The number of halogens is 3. The van der Waals surface area contributed by atoms with Gasteiger partial charge in [-0.25, -0.2) is 8.42 Å². The zero-order valence-corrected chi connectivity index (χ0v) is 22.3. The molecule has 210 valence electrons. The van der Waals surface area contributed by atoms with Crippen LogP contribution in [0.3, 0.4) is 0 Å². The van der Waals surface area contributed by atoms with Crippen molar-refractivity contribution < 1.29 is 31.2 Å². The van der Waals surface area contributed by atoms with Crippen molar-refractivity contribution in [2.45, 2.75) is 48.7 Å². The topological polar surface area (TPSA) is 81.2 Å².